The molecule has 1 rings (SSSR count). The number of hydrogen-bond acceptors (Lipinski definition) is 4. The second-order valence-electron chi connectivity index (χ2n) is 3.29. The quantitative estimate of drug-likeness (QED) is 0.571. The zero-order valence-corrected chi connectivity index (χ0v) is 9.66. The fraction of sp³-hybridized carbons (Fsp3) is 0.500. The predicted molar refractivity (Wildman–Crippen MR) is 60.6 cm³/mol. The highest BCUT2D eigenvalue weighted by atomic mass is 35.5. The first-order chi connectivity index (χ1) is 7.20. The van der Waals surface area contributed by atoms with Crippen molar-refractivity contribution in [2.75, 3.05) is 18.5 Å². The Hall–Kier alpha value is -1.16. The lowest BCUT2D eigenvalue weighted by Crippen LogP contribution is -2.21. The lowest BCUT2D eigenvalue weighted by molar-refractivity contribution is 0.112. The standard InChI is InChI=1S/C10H14ClN3O/c1-3-4-5-14(2)10-8(6-15)9(11)12-7-13-10/h6-7H,3-5H2,1-2H3. The van der Waals surface area contributed by atoms with Gasteiger partial charge in [0.2, 0.25) is 0 Å². The molecule has 82 valence electrons. The number of carbonyl (C=O) groups is 1. The molecule has 0 radical (unpaired) electrons. The zero-order valence-electron chi connectivity index (χ0n) is 8.90. The van der Waals surface area contributed by atoms with Crippen LogP contribution in [0.5, 0.6) is 0 Å². The van der Waals surface area contributed by atoms with E-state index in [4.69, 9.17) is 11.6 Å². The van der Waals surface area contributed by atoms with Crippen LogP contribution in [-0.2, 0) is 0 Å². The molecule has 1 heterocycles. The van der Waals surface area contributed by atoms with Gasteiger partial charge in [0.05, 0.1) is 5.56 Å². The van der Waals surface area contributed by atoms with Gasteiger partial charge in [-0.25, -0.2) is 9.97 Å². The van der Waals surface area contributed by atoms with E-state index in [-0.39, 0.29) is 5.15 Å². The van der Waals surface area contributed by atoms with Crippen LogP contribution < -0.4 is 4.90 Å². The van der Waals surface area contributed by atoms with Gasteiger partial charge in [0.25, 0.3) is 0 Å². The van der Waals surface area contributed by atoms with E-state index in [1.165, 1.54) is 6.33 Å². The second-order valence-corrected chi connectivity index (χ2v) is 3.65. The van der Waals surface area contributed by atoms with Gasteiger partial charge in [0, 0.05) is 13.6 Å². The number of aromatic nitrogens is 2. The molecule has 0 N–H and O–H groups in total. The fourth-order valence-corrected chi connectivity index (χ4v) is 1.44. The molecule has 0 saturated carbocycles. The molecule has 0 spiro atoms. The van der Waals surface area contributed by atoms with Crippen molar-refractivity contribution < 1.29 is 4.79 Å². The zero-order chi connectivity index (χ0) is 11.3. The van der Waals surface area contributed by atoms with Gasteiger partial charge in [-0.2, -0.15) is 0 Å². The van der Waals surface area contributed by atoms with Crippen LogP contribution in [-0.4, -0.2) is 29.8 Å². The highest BCUT2D eigenvalue weighted by Crippen LogP contribution is 2.20. The summed E-state index contributed by atoms with van der Waals surface area (Å²) in [5.41, 5.74) is 0.359. The average Bonchev–Trinajstić information content (AvgIpc) is 2.25. The molecule has 0 aliphatic heterocycles. The molecular weight excluding hydrogens is 214 g/mol. The van der Waals surface area contributed by atoms with Gasteiger partial charge in [0.1, 0.15) is 17.3 Å². The van der Waals surface area contributed by atoms with Gasteiger partial charge in [-0.3, -0.25) is 4.79 Å². The third kappa shape index (κ3) is 2.89. The lowest BCUT2D eigenvalue weighted by atomic mass is 10.3. The van der Waals surface area contributed by atoms with E-state index >= 15 is 0 Å². The molecule has 0 fully saturated rings. The Balaban J connectivity index is 2.92. The normalized spacial score (nSPS) is 10.1. The van der Waals surface area contributed by atoms with Gasteiger partial charge in [0.15, 0.2) is 6.29 Å². The lowest BCUT2D eigenvalue weighted by Gasteiger charge is -2.19. The van der Waals surface area contributed by atoms with Gasteiger partial charge >= 0.3 is 0 Å². The topological polar surface area (TPSA) is 46.1 Å². The van der Waals surface area contributed by atoms with Gasteiger partial charge < -0.3 is 4.90 Å². The van der Waals surface area contributed by atoms with Crippen molar-refractivity contribution >= 4 is 23.7 Å². The minimum atomic E-state index is 0.207. The minimum Gasteiger partial charge on any atom is -0.359 e. The molecule has 0 atom stereocenters. The van der Waals surface area contributed by atoms with Crippen LogP contribution >= 0.6 is 11.6 Å². The second kappa shape index (κ2) is 5.66. The van der Waals surface area contributed by atoms with Gasteiger partial charge in [-0.05, 0) is 6.42 Å². The molecule has 0 unspecified atom stereocenters. The third-order valence-corrected chi connectivity index (χ3v) is 2.44. The Morgan fingerprint density at radius 1 is 1.53 bits per heavy atom. The van der Waals surface area contributed by atoms with Crippen LogP contribution in [0.1, 0.15) is 30.1 Å². The Labute approximate surface area is 94.3 Å². The molecule has 4 nitrogen and oxygen atoms in total. The molecule has 0 amide bonds. The van der Waals surface area contributed by atoms with Crippen LogP contribution in [0.2, 0.25) is 5.15 Å². The van der Waals surface area contributed by atoms with Crippen LogP contribution in [0.4, 0.5) is 5.82 Å². The summed E-state index contributed by atoms with van der Waals surface area (Å²) in [7, 11) is 1.89. The number of unbranched alkanes of at least 4 members (excludes halogenated alkanes) is 1. The summed E-state index contributed by atoms with van der Waals surface area (Å²) in [5.74, 6) is 0.596. The largest absolute Gasteiger partial charge is 0.359 e. The first kappa shape index (κ1) is 11.9. The van der Waals surface area contributed by atoms with Crippen molar-refractivity contribution in [1.29, 1.82) is 0 Å². The fourth-order valence-electron chi connectivity index (χ4n) is 1.27. The van der Waals surface area contributed by atoms with E-state index in [0.29, 0.717) is 17.7 Å². The number of aldehydes is 1. The van der Waals surface area contributed by atoms with Crippen LogP contribution in [0, 0.1) is 0 Å². The van der Waals surface area contributed by atoms with Crippen molar-refractivity contribution in [1.82, 2.24) is 9.97 Å². The summed E-state index contributed by atoms with van der Waals surface area (Å²) in [5, 5.41) is 0.207. The summed E-state index contributed by atoms with van der Waals surface area (Å²) in [6.45, 7) is 2.96. The number of anilines is 1. The first-order valence-corrected chi connectivity index (χ1v) is 5.25. The van der Waals surface area contributed by atoms with E-state index in [2.05, 4.69) is 16.9 Å². The third-order valence-electron chi connectivity index (χ3n) is 2.14. The van der Waals surface area contributed by atoms with E-state index in [1.807, 2.05) is 11.9 Å². The van der Waals surface area contributed by atoms with Crippen LogP contribution in [0.3, 0.4) is 0 Å². The molecule has 0 bridgehead atoms. The molecule has 0 aliphatic rings. The summed E-state index contributed by atoms with van der Waals surface area (Å²) >= 11 is 5.80. The Morgan fingerprint density at radius 3 is 2.87 bits per heavy atom. The van der Waals surface area contributed by atoms with Gasteiger partial charge in [-0.15, -0.1) is 0 Å². The molecule has 0 aromatic carbocycles. The Kier molecular flexibility index (Phi) is 4.49. The van der Waals surface area contributed by atoms with Crippen molar-refractivity contribution in [3.63, 3.8) is 0 Å². The summed E-state index contributed by atoms with van der Waals surface area (Å²) in [4.78, 5) is 20.6. The number of carbonyl (C=O) groups excluding carboxylic acids is 1. The van der Waals surface area contributed by atoms with E-state index in [0.717, 1.165) is 19.4 Å². The highest BCUT2D eigenvalue weighted by molar-refractivity contribution is 6.32. The molecule has 1 aromatic heterocycles. The molecule has 0 aliphatic carbocycles. The maximum atomic E-state index is 10.8. The number of halogens is 1. The first-order valence-electron chi connectivity index (χ1n) is 4.87. The van der Waals surface area contributed by atoms with E-state index in [9.17, 15) is 4.79 Å². The average molecular weight is 228 g/mol. The van der Waals surface area contributed by atoms with Crippen LogP contribution in [0.15, 0.2) is 6.33 Å². The molecular formula is C10H14ClN3O. The summed E-state index contributed by atoms with van der Waals surface area (Å²) < 4.78 is 0. The monoisotopic (exact) mass is 227 g/mol. The minimum absolute atomic E-state index is 0.207. The van der Waals surface area contributed by atoms with Crippen molar-refractivity contribution in [2.24, 2.45) is 0 Å². The highest BCUT2D eigenvalue weighted by Gasteiger charge is 2.12. The number of hydrogen-bond donors (Lipinski definition) is 0. The smallest absolute Gasteiger partial charge is 0.156 e. The van der Waals surface area contributed by atoms with E-state index in [1.54, 1.807) is 0 Å². The molecule has 5 heteroatoms. The maximum Gasteiger partial charge on any atom is 0.156 e. The molecule has 1 aromatic rings. The van der Waals surface area contributed by atoms with Crippen LogP contribution in [0.25, 0.3) is 0 Å². The Bertz CT molecular complexity index is 343. The maximum absolute atomic E-state index is 10.8. The Morgan fingerprint density at radius 2 is 2.27 bits per heavy atom. The summed E-state index contributed by atoms with van der Waals surface area (Å²) in [6.07, 6.45) is 4.21. The van der Waals surface area contributed by atoms with E-state index < -0.39 is 0 Å². The number of rotatable bonds is 5. The molecule has 0 saturated heterocycles. The van der Waals surface area contributed by atoms with Crippen molar-refractivity contribution in [3.8, 4) is 0 Å². The van der Waals surface area contributed by atoms with Crippen molar-refractivity contribution in [2.45, 2.75) is 19.8 Å². The summed E-state index contributed by atoms with van der Waals surface area (Å²) in [6, 6.07) is 0. The molecule has 15 heavy (non-hydrogen) atoms. The number of nitrogens with zero attached hydrogens (tertiary/aromatic N) is 3. The van der Waals surface area contributed by atoms with Gasteiger partial charge in [-0.1, -0.05) is 24.9 Å². The predicted octanol–water partition coefficient (Wildman–Crippen LogP) is 2.18. The van der Waals surface area contributed by atoms with Crippen molar-refractivity contribution in [3.05, 3.63) is 17.0 Å². The SMILES string of the molecule is CCCCN(C)c1ncnc(Cl)c1C=O.